The summed E-state index contributed by atoms with van der Waals surface area (Å²) >= 11 is 6.65. The first-order chi connectivity index (χ1) is 8.66. The van der Waals surface area contributed by atoms with Crippen LogP contribution < -0.4 is 11.1 Å². The van der Waals surface area contributed by atoms with Gasteiger partial charge in [-0.15, -0.1) is 0 Å². The van der Waals surface area contributed by atoms with Crippen LogP contribution in [0.15, 0.2) is 29.2 Å². The summed E-state index contributed by atoms with van der Waals surface area (Å²) in [7, 11) is 0. The van der Waals surface area contributed by atoms with Crippen LogP contribution in [0.2, 0.25) is 0 Å². The number of nitrogens with one attached hydrogen (secondary N) is 1. The van der Waals surface area contributed by atoms with Gasteiger partial charge < -0.3 is 11.1 Å². The number of hydrogen-bond donors (Lipinski definition) is 2. The summed E-state index contributed by atoms with van der Waals surface area (Å²) in [4.78, 5) is 8.63. The summed E-state index contributed by atoms with van der Waals surface area (Å²) < 4.78 is 0. The number of aromatic nitrogens is 2. The molecular formula is C12H14N4S2. The van der Waals surface area contributed by atoms with Gasteiger partial charge in [0.1, 0.15) is 10.7 Å². The van der Waals surface area contributed by atoms with E-state index < -0.39 is 0 Å². The number of rotatable bonds is 5. The molecule has 0 aliphatic heterocycles. The van der Waals surface area contributed by atoms with Gasteiger partial charge in [0, 0.05) is 18.4 Å². The number of anilines is 1. The van der Waals surface area contributed by atoms with Gasteiger partial charge in [-0.2, -0.15) is 11.3 Å². The summed E-state index contributed by atoms with van der Waals surface area (Å²) in [6.45, 7) is 2.09. The Morgan fingerprint density at radius 1 is 1.50 bits per heavy atom. The predicted molar refractivity (Wildman–Crippen MR) is 79.0 cm³/mol. The van der Waals surface area contributed by atoms with E-state index in [-0.39, 0.29) is 11.0 Å². The summed E-state index contributed by atoms with van der Waals surface area (Å²) in [5.74, 6) is 0.646. The Balaban J connectivity index is 2.07. The molecule has 4 nitrogen and oxygen atoms in total. The third kappa shape index (κ3) is 3.24. The van der Waals surface area contributed by atoms with Crippen molar-refractivity contribution in [3.8, 4) is 0 Å². The predicted octanol–water partition coefficient (Wildman–Crippen LogP) is 2.22. The van der Waals surface area contributed by atoms with Gasteiger partial charge in [0.2, 0.25) is 0 Å². The van der Waals surface area contributed by atoms with E-state index in [1.807, 2.05) is 0 Å². The second-order valence-corrected chi connectivity index (χ2v) is 5.22. The number of nitrogens with two attached hydrogens (primary N) is 1. The molecule has 0 radical (unpaired) electrons. The maximum absolute atomic E-state index is 5.62. The Hall–Kier alpha value is -1.53. The van der Waals surface area contributed by atoms with E-state index in [9.17, 15) is 0 Å². The third-order valence-electron chi connectivity index (χ3n) is 2.44. The van der Waals surface area contributed by atoms with E-state index in [4.69, 9.17) is 18.0 Å². The second-order valence-electron chi connectivity index (χ2n) is 4.00. The van der Waals surface area contributed by atoms with Crippen LogP contribution in [0, 0.1) is 0 Å². The topological polar surface area (TPSA) is 63.8 Å². The molecule has 6 heteroatoms. The highest BCUT2D eigenvalue weighted by atomic mass is 32.1. The Morgan fingerprint density at radius 2 is 2.28 bits per heavy atom. The molecule has 2 rings (SSSR count). The van der Waals surface area contributed by atoms with Crippen LogP contribution >= 0.6 is 23.6 Å². The van der Waals surface area contributed by atoms with Crippen LogP contribution in [0.1, 0.15) is 18.2 Å². The van der Waals surface area contributed by atoms with Gasteiger partial charge in [0.15, 0.2) is 5.82 Å². The smallest absolute Gasteiger partial charge is 0.155 e. The molecule has 1 unspecified atom stereocenters. The Labute approximate surface area is 115 Å². The Bertz CT molecular complexity index is 525. The molecule has 0 fully saturated rings. The van der Waals surface area contributed by atoms with Crippen molar-refractivity contribution < 1.29 is 0 Å². The molecular weight excluding hydrogens is 264 g/mol. The molecule has 1 atom stereocenters. The highest BCUT2D eigenvalue weighted by Gasteiger charge is 2.11. The SMILES string of the molecule is CC(Cc1ccsc1)Nc1nccnc1C(N)=S. The van der Waals surface area contributed by atoms with Gasteiger partial charge in [-0.3, -0.25) is 0 Å². The molecule has 0 saturated heterocycles. The highest BCUT2D eigenvalue weighted by molar-refractivity contribution is 7.80. The van der Waals surface area contributed by atoms with Gasteiger partial charge in [0.05, 0.1) is 0 Å². The first-order valence-corrected chi connectivity index (χ1v) is 6.90. The van der Waals surface area contributed by atoms with Crippen LogP contribution in [0.5, 0.6) is 0 Å². The monoisotopic (exact) mass is 278 g/mol. The fraction of sp³-hybridized carbons (Fsp3) is 0.250. The van der Waals surface area contributed by atoms with Gasteiger partial charge in [-0.25, -0.2) is 9.97 Å². The number of thiophene rings is 1. The van der Waals surface area contributed by atoms with Crippen LogP contribution in [0.25, 0.3) is 0 Å². The molecule has 2 heterocycles. The third-order valence-corrected chi connectivity index (χ3v) is 3.36. The van der Waals surface area contributed by atoms with E-state index in [1.54, 1.807) is 23.7 Å². The van der Waals surface area contributed by atoms with Crippen molar-refractivity contribution in [2.75, 3.05) is 5.32 Å². The zero-order valence-electron chi connectivity index (χ0n) is 9.96. The van der Waals surface area contributed by atoms with Crippen molar-refractivity contribution in [1.29, 1.82) is 0 Å². The van der Waals surface area contributed by atoms with E-state index in [2.05, 4.69) is 39.0 Å². The van der Waals surface area contributed by atoms with Crippen molar-refractivity contribution in [1.82, 2.24) is 9.97 Å². The molecule has 0 aromatic carbocycles. The van der Waals surface area contributed by atoms with Gasteiger partial charge >= 0.3 is 0 Å². The number of nitrogens with zero attached hydrogens (tertiary/aromatic N) is 2. The Morgan fingerprint density at radius 3 is 2.94 bits per heavy atom. The molecule has 2 aromatic rings. The minimum atomic E-state index is 0.240. The lowest BCUT2D eigenvalue weighted by Gasteiger charge is -2.15. The van der Waals surface area contributed by atoms with Gasteiger partial charge in [-0.1, -0.05) is 12.2 Å². The van der Waals surface area contributed by atoms with E-state index in [1.165, 1.54) is 5.56 Å². The second kappa shape index (κ2) is 5.88. The molecule has 2 aromatic heterocycles. The zero-order chi connectivity index (χ0) is 13.0. The summed E-state index contributed by atoms with van der Waals surface area (Å²) in [5.41, 5.74) is 7.47. The van der Waals surface area contributed by atoms with Crippen molar-refractivity contribution in [2.45, 2.75) is 19.4 Å². The van der Waals surface area contributed by atoms with Crippen molar-refractivity contribution in [3.05, 3.63) is 40.5 Å². The minimum absolute atomic E-state index is 0.240. The molecule has 0 amide bonds. The Kier molecular flexibility index (Phi) is 4.22. The quantitative estimate of drug-likeness (QED) is 0.821. The lowest BCUT2D eigenvalue weighted by atomic mass is 10.1. The van der Waals surface area contributed by atoms with Crippen LogP contribution in [0.4, 0.5) is 5.82 Å². The largest absolute Gasteiger partial charge is 0.388 e. The molecule has 0 aliphatic rings. The van der Waals surface area contributed by atoms with E-state index in [0.717, 1.165) is 6.42 Å². The maximum Gasteiger partial charge on any atom is 0.155 e. The van der Waals surface area contributed by atoms with Crippen molar-refractivity contribution in [3.63, 3.8) is 0 Å². The lowest BCUT2D eigenvalue weighted by molar-refractivity contribution is 0.785. The van der Waals surface area contributed by atoms with Crippen molar-refractivity contribution >= 4 is 34.4 Å². The fourth-order valence-electron chi connectivity index (χ4n) is 1.67. The summed E-state index contributed by atoms with van der Waals surface area (Å²) in [6, 6.07) is 2.36. The lowest BCUT2D eigenvalue weighted by Crippen LogP contribution is -2.23. The molecule has 18 heavy (non-hydrogen) atoms. The van der Waals surface area contributed by atoms with E-state index in [0.29, 0.717) is 11.5 Å². The molecule has 0 saturated carbocycles. The fourth-order valence-corrected chi connectivity index (χ4v) is 2.50. The molecule has 3 N–H and O–H groups in total. The first-order valence-electron chi connectivity index (χ1n) is 5.55. The minimum Gasteiger partial charge on any atom is -0.388 e. The molecule has 0 aliphatic carbocycles. The van der Waals surface area contributed by atoms with Gasteiger partial charge in [0.25, 0.3) is 0 Å². The summed E-state index contributed by atoms with van der Waals surface area (Å²) in [6.07, 6.45) is 4.14. The van der Waals surface area contributed by atoms with Crippen LogP contribution in [-0.4, -0.2) is 21.0 Å². The highest BCUT2D eigenvalue weighted by Crippen LogP contribution is 2.13. The number of thiocarbonyl (C=S) groups is 1. The van der Waals surface area contributed by atoms with Gasteiger partial charge in [-0.05, 0) is 35.7 Å². The standard InChI is InChI=1S/C12H14N4S2/c1-8(6-9-2-5-18-7-9)16-12-10(11(13)17)14-3-4-15-12/h2-5,7-8H,6H2,1H3,(H2,13,17)(H,15,16). The maximum atomic E-state index is 5.62. The zero-order valence-corrected chi connectivity index (χ0v) is 11.6. The number of hydrogen-bond acceptors (Lipinski definition) is 5. The molecule has 94 valence electrons. The van der Waals surface area contributed by atoms with Crippen LogP contribution in [-0.2, 0) is 6.42 Å². The van der Waals surface area contributed by atoms with Crippen molar-refractivity contribution in [2.24, 2.45) is 5.73 Å². The van der Waals surface area contributed by atoms with E-state index >= 15 is 0 Å². The average Bonchev–Trinajstić information content (AvgIpc) is 2.82. The first kappa shape index (κ1) is 12.9. The average molecular weight is 278 g/mol. The summed E-state index contributed by atoms with van der Waals surface area (Å²) in [5, 5.41) is 7.51. The molecule has 0 bridgehead atoms. The molecule has 0 spiro atoms. The normalized spacial score (nSPS) is 12.1. The van der Waals surface area contributed by atoms with Crippen LogP contribution in [0.3, 0.4) is 0 Å².